The van der Waals surface area contributed by atoms with Gasteiger partial charge in [-0.15, -0.1) is 0 Å². The van der Waals surface area contributed by atoms with E-state index in [4.69, 9.17) is 16.3 Å². The topological polar surface area (TPSA) is 38.3 Å². The molecule has 3 nitrogen and oxygen atoms in total. The smallest absolute Gasteiger partial charge is 0.261 e. The summed E-state index contributed by atoms with van der Waals surface area (Å²) >= 11 is 6.03. The molecule has 2 aromatic rings. The Hall–Kier alpha value is -2.00. The largest absolute Gasteiger partial charge is 0.481 e. The summed E-state index contributed by atoms with van der Waals surface area (Å²) in [5, 5.41) is 3.81. The van der Waals surface area contributed by atoms with E-state index in [1.54, 1.807) is 19.1 Å². The molecule has 134 valence electrons. The number of nitrogens with one attached hydrogen (secondary N) is 1. The van der Waals surface area contributed by atoms with Crippen LogP contribution >= 0.6 is 11.6 Å². The average molecular weight is 360 g/mol. The Morgan fingerprint density at radius 3 is 2.40 bits per heavy atom. The van der Waals surface area contributed by atoms with Gasteiger partial charge in [0.25, 0.3) is 5.91 Å². The number of carbonyl (C=O) groups excluding carboxylic acids is 1. The van der Waals surface area contributed by atoms with Crippen molar-refractivity contribution in [1.82, 2.24) is 5.32 Å². The molecule has 0 aromatic heterocycles. The normalized spacial score (nSPS) is 13.4. The van der Waals surface area contributed by atoms with Gasteiger partial charge in [-0.2, -0.15) is 0 Å². The molecule has 0 spiro atoms. The summed E-state index contributed by atoms with van der Waals surface area (Å²) in [5.41, 5.74) is 2.04. The van der Waals surface area contributed by atoms with Crippen molar-refractivity contribution in [3.8, 4) is 5.75 Å². The first-order valence-corrected chi connectivity index (χ1v) is 9.02. The van der Waals surface area contributed by atoms with Gasteiger partial charge in [0.05, 0.1) is 6.04 Å². The van der Waals surface area contributed by atoms with E-state index in [0.717, 1.165) is 17.5 Å². The zero-order chi connectivity index (χ0) is 18.4. The van der Waals surface area contributed by atoms with E-state index < -0.39 is 6.10 Å². The van der Waals surface area contributed by atoms with Gasteiger partial charge in [-0.1, -0.05) is 55.8 Å². The molecule has 0 fully saturated rings. The molecule has 2 aromatic carbocycles. The van der Waals surface area contributed by atoms with Crippen molar-refractivity contribution in [2.24, 2.45) is 5.92 Å². The summed E-state index contributed by atoms with van der Waals surface area (Å²) in [7, 11) is 0. The molecule has 0 aliphatic heterocycles. The zero-order valence-electron chi connectivity index (χ0n) is 15.3. The SMILES string of the molecule is Cc1cc(O[C@@H](C)C(=O)N[C@H](CC(C)C)c2ccccc2)ccc1Cl. The Bertz CT molecular complexity index is 700. The van der Waals surface area contributed by atoms with Gasteiger partial charge >= 0.3 is 0 Å². The second-order valence-corrected chi connectivity index (χ2v) is 7.18. The van der Waals surface area contributed by atoms with E-state index in [0.29, 0.717) is 16.7 Å². The van der Waals surface area contributed by atoms with Crippen molar-refractivity contribution in [3.05, 3.63) is 64.7 Å². The standard InChI is InChI=1S/C21H26ClNO2/c1-14(2)12-20(17-8-6-5-7-9-17)23-21(24)16(4)25-18-10-11-19(22)15(3)13-18/h5-11,13-14,16,20H,12H2,1-4H3,(H,23,24)/t16-,20+/m0/s1. The maximum Gasteiger partial charge on any atom is 0.261 e. The Kier molecular flexibility index (Phi) is 6.89. The molecule has 2 atom stereocenters. The molecule has 0 heterocycles. The molecule has 1 N–H and O–H groups in total. The third-order valence-electron chi connectivity index (χ3n) is 4.04. The molecule has 4 heteroatoms. The van der Waals surface area contributed by atoms with Gasteiger partial charge in [0.2, 0.25) is 0 Å². The number of halogens is 1. The number of aryl methyl sites for hydroxylation is 1. The minimum Gasteiger partial charge on any atom is -0.481 e. The van der Waals surface area contributed by atoms with Gasteiger partial charge in [-0.05, 0) is 55.5 Å². The molecule has 25 heavy (non-hydrogen) atoms. The van der Waals surface area contributed by atoms with Gasteiger partial charge < -0.3 is 10.1 Å². The molecular formula is C21H26ClNO2. The zero-order valence-corrected chi connectivity index (χ0v) is 16.0. The Morgan fingerprint density at radius 1 is 1.12 bits per heavy atom. The number of benzene rings is 2. The van der Waals surface area contributed by atoms with E-state index in [2.05, 4.69) is 19.2 Å². The molecule has 1 amide bonds. The third kappa shape index (κ3) is 5.79. The van der Waals surface area contributed by atoms with Gasteiger partial charge in [0.15, 0.2) is 6.10 Å². The lowest BCUT2D eigenvalue weighted by Crippen LogP contribution is -2.39. The highest BCUT2D eigenvalue weighted by atomic mass is 35.5. The first kappa shape index (κ1) is 19.3. The lowest BCUT2D eigenvalue weighted by Gasteiger charge is -2.23. The fourth-order valence-electron chi connectivity index (χ4n) is 2.67. The highest BCUT2D eigenvalue weighted by molar-refractivity contribution is 6.31. The molecule has 2 rings (SSSR count). The van der Waals surface area contributed by atoms with Crippen LogP contribution in [0.3, 0.4) is 0 Å². The van der Waals surface area contributed by atoms with Crippen LogP contribution in [0, 0.1) is 12.8 Å². The highest BCUT2D eigenvalue weighted by Crippen LogP contribution is 2.23. The van der Waals surface area contributed by atoms with Gasteiger partial charge in [-0.3, -0.25) is 4.79 Å². The third-order valence-corrected chi connectivity index (χ3v) is 4.46. The van der Waals surface area contributed by atoms with Crippen LogP contribution in [0.1, 0.15) is 44.4 Å². The summed E-state index contributed by atoms with van der Waals surface area (Å²) in [6.45, 7) is 7.97. The Balaban J connectivity index is 2.05. The second-order valence-electron chi connectivity index (χ2n) is 6.77. The summed E-state index contributed by atoms with van der Waals surface area (Å²) in [6, 6.07) is 15.4. The number of hydrogen-bond acceptors (Lipinski definition) is 2. The van der Waals surface area contributed by atoms with Crippen LogP contribution < -0.4 is 10.1 Å². The first-order valence-electron chi connectivity index (χ1n) is 8.65. The molecule has 0 unspecified atom stereocenters. The van der Waals surface area contributed by atoms with Gasteiger partial charge in [0.1, 0.15) is 5.75 Å². The van der Waals surface area contributed by atoms with Crippen molar-refractivity contribution in [3.63, 3.8) is 0 Å². The lowest BCUT2D eigenvalue weighted by atomic mass is 9.97. The number of carbonyl (C=O) groups is 1. The fourth-order valence-corrected chi connectivity index (χ4v) is 2.79. The minimum atomic E-state index is -0.584. The molecule has 0 aliphatic rings. The van der Waals surface area contributed by atoms with Crippen LogP contribution in [0.4, 0.5) is 0 Å². The van der Waals surface area contributed by atoms with E-state index >= 15 is 0 Å². The number of rotatable bonds is 7. The second kappa shape index (κ2) is 8.91. The summed E-state index contributed by atoms with van der Waals surface area (Å²) in [6.07, 6.45) is 0.293. The summed E-state index contributed by atoms with van der Waals surface area (Å²) in [4.78, 5) is 12.6. The predicted octanol–water partition coefficient (Wildman–Crippen LogP) is 5.32. The Labute approximate surface area is 155 Å². The molecule has 0 radical (unpaired) electrons. The van der Waals surface area contributed by atoms with E-state index in [1.165, 1.54) is 0 Å². The van der Waals surface area contributed by atoms with Crippen molar-refractivity contribution in [1.29, 1.82) is 0 Å². The van der Waals surface area contributed by atoms with E-state index in [1.807, 2.05) is 43.3 Å². The van der Waals surface area contributed by atoms with Crippen LogP contribution in [0.5, 0.6) is 5.75 Å². The fraction of sp³-hybridized carbons (Fsp3) is 0.381. The monoisotopic (exact) mass is 359 g/mol. The van der Waals surface area contributed by atoms with Gasteiger partial charge in [0, 0.05) is 5.02 Å². The quantitative estimate of drug-likeness (QED) is 0.726. The van der Waals surface area contributed by atoms with Crippen LogP contribution in [0.25, 0.3) is 0 Å². The van der Waals surface area contributed by atoms with Crippen molar-refractivity contribution >= 4 is 17.5 Å². The Morgan fingerprint density at radius 2 is 1.80 bits per heavy atom. The number of ether oxygens (including phenoxy) is 1. The molecule has 0 aliphatic carbocycles. The maximum absolute atomic E-state index is 12.6. The van der Waals surface area contributed by atoms with E-state index in [9.17, 15) is 4.79 Å². The first-order chi connectivity index (χ1) is 11.9. The van der Waals surface area contributed by atoms with Crippen molar-refractivity contribution in [2.45, 2.75) is 46.3 Å². The summed E-state index contributed by atoms with van der Waals surface area (Å²) < 4.78 is 5.78. The van der Waals surface area contributed by atoms with E-state index in [-0.39, 0.29) is 11.9 Å². The predicted molar refractivity (Wildman–Crippen MR) is 103 cm³/mol. The van der Waals surface area contributed by atoms with Crippen molar-refractivity contribution < 1.29 is 9.53 Å². The molecular weight excluding hydrogens is 334 g/mol. The average Bonchev–Trinajstić information content (AvgIpc) is 2.58. The summed E-state index contributed by atoms with van der Waals surface area (Å²) in [5.74, 6) is 0.993. The van der Waals surface area contributed by atoms with Crippen molar-refractivity contribution in [2.75, 3.05) is 0 Å². The van der Waals surface area contributed by atoms with Crippen LogP contribution in [0.2, 0.25) is 5.02 Å². The minimum absolute atomic E-state index is 0.0216. The number of hydrogen-bond donors (Lipinski definition) is 1. The molecule has 0 saturated carbocycles. The van der Waals surface area contributed by atoms with Crippen LogP contribution in [-0.4, -0.2) is 12.0 Å². The number of amides is 1. The van der Waals surface area contributed by atoms with Gasteiger partial charge in [-0.25, -0.2) is 0 Å². The van der Waals surface area contributed by atoms with Crippen LogP contribution in [0.15, 0.2) is 48.5 Å². The van der Waals surface area contributed by atoms with Crippen LogP contribution in [-0.2, 0) is 4.79 Å². The highest BCUT2D eigenvalue weighted by Gasteiger charge is 2.21. The lowest BCUT2D eigenvalue weighted by molar-refractivity contribution is -0.128. The maximum atomic E-state index is 12.6. The molecule has 0 saturated heterocycles. The molecule has 0 bridgehead atoms.